The molecule has 4 aromatic rings. The van der Waals surface area contributed by atoms with Gasteiger partial charge < -0.3 is 14.2 Å². The second-order valence-corrected chi connectivity index (χ2v) is 10.7. The summed E-state index contributed by atoms with van der Waals surface area (Å²) in [7, 11) is 1.67. The first-order valence-electron chi connectivity index (χ1n) is 13.7. The molecule has 40 heavy (non-hydrogen) atoms. The van der Waals surface area contributed by atoms with E-state index in [1.807, 2.05) is 72.8 Å². The lowest BCUT2D eigenvalue weighted by molar-refractivity contribution is 0.0725. The number of rotatable bonds is 9. The largest absolute Gasteiger partial charge is 0.423 e. The molecule has 0 radical (unpaired) electrons. The molecule has 0 atom stereocenters. The van der Waals surface area contributed by atoms with Gasteiger partial charge in [-0.1, -0.05) is 63.6 Å². The molecule has 5 rings (SSSR count). The Morgan fingerprint density at radius 1 is 0.650 bits per heavy atom. The Labute approximate surface area is 235 Å². The van der Waals surface area contributed by atoms with Gasteiger partial charge in [0.25, 0.3) is 0 Å². The van der Waals surface area contributed by atoms with E-state index in [0.29, 0.717) is 29.2 Å². The van der Waals surface area contributed by atoms with Crippen LogP contribution in [0.1, 0.15) is 70.2 Å². The third-order valence-corrected chi connectivity index (χ3v) is 7.55. The van der Waals surface area contributed by atoms with Crippen molar-refractivity contribution in [2.75, 3.05) is 13.7 Å². The molecule has 0 aliphatic heterocycles. The van der Waals surface area contributed by atoms with Crippen molar-refractivity contribution in [3.05, 3.63) is 118 Å². The molecule has 1 aliphatic rings. The molecule has 0 unspecified atom stereocenters. The maximum absolute atomic E-state index is 12.8. The number of benzene rings is 4. The summed E-state index contributed by atoms with van der Waals surface area (Å²) in [6.45, 7) is 7.02. The van der Waals surface area contributed by atoms with Gasteiger partial charge in [-0.3, -0.25) is 0 Å². The van der Waals surface area contributed by atoms with Crippen LogP contribution in [0.3, 0.4) is 0 Å². The Morgan fingerprint density at radius 2 is 1.10 bits per heavy atom. The Bertz CT molecular complexity index is 1530. The van der Waals surface area contributed by atoms with Gasteiger partial charge in [0, 0.05) is 12.5 Å². The Hall–Kier alpha value is -4.22. The standard InChI is InChI=1S/C35H34O5/c1-5-6-23-7-11-25(12-8-23)33(36)39-27-15-17-29-30-18-16-28(22-32(30)35(2,3)31(29)21-27)40-34(37)26-13-9-24(10-14-26)19-20-38-4/h7-18,21-22H,5-6,19-20H2,1-4H3. The number of ether oxygens (including phenoxy) is 3. The van der Waals surface area contributed by atoms with Crippen LogP contribution in [0.5, 0.6) is 11.5 Å². The first-order chi connectivity index (χ1) is 19.3. The van der Waals surface area contributed by atoms with Crippen LogP contribution >= 0.6 is 0 Å². The average molecular weight is 535 g/mol. The van der Waals surface area contributed by atoms with Crippen LogP contribution in [0.25, 0.3) is 11.1 Å². The molecule has 0 amide bonds. The number of carbonyl (C=O) groups excluding carboxylic acids is 2. The number of aryl methyl sites for hydroxylation is 1. The molecule has 0 aromatic heterocycles. The van der Waals surface area contributed by atoms with E-state index < -0.39 is 5.97 Å². The van der Waals surface area contributed by atoms with Gasteiger partial charge in [0.15, 0.2) is 0 Å². The van der Waals surface area contributed by atoms with Gasteiger partial charge in [-0.05, 0) is 94.8 Å². The SMILES string of the molecule is CCCc1ccc(C(=O)Oc2ccc3c(c2)C(C)(C)c2cc(OC(=O)c4ccc(CCOC)cc4)ccc2-3)cc1. The summed E-state index contributed by atoms with van der Waals surface area (Å²) in [5.41, 5.74) is 7.22. The van der Waals surface area contributed by atoms with Gasteiger partial charge in [0.1, 0.15) is 11.5 Å². The van der Waals surface area contributed by atoms with Crippen molar-refractivity contribution >= 4 is 11.9 Å². The number of hydrogen-bond acceptors (Lipinski definition) is 5. The van der Waals surface area contributed by atoms with Crippen molar-refractivity contribution in [3.8, 4) is 22.6 Å². The monoisotopic (exact) mass is 534 g/mol. The van der Waals surface area contributed by atoms with Gasteiger partial charge in [0.2, 0.25) is 0 Å². The highest BCUT2D eigenvalue weighted by Gasteiger charge is 2.36. The van der Waals surface area contributed by atoms with E-state index >= 15 is 0 Å². The lowest BCUT2D eigenvalue weighted by Gasteiger charge is -2.22. The molecule has 204 valence electrons. The van der Waals surface area contributed by atoms with Gasteiger partial charge in [-0.2, -0.15) is 0 Å². The number of carbonyl (C=O) groups is 2. The number of fused-ring (bicyclic) bond motifs is 3. The predicted molar refractivity (Wildman–Crippen MR) is 156 cm³/mol. The topological polar surface area (TPSA) is 61.8 Å². The minimum absolute atomic E-state index is 0.375. The van der Waals surface area contributed by atoms with E-state index in [1.165, 1.54) is 5.56 Å². The molecule has 1 aliphatic carbocycles. The van der Waals surface area contributed by atoms with Gasteiger partial charge in [-0.25, -0.2) is 9.59 Å². The van der Waals surface area contributed by atoms with E-state index in [2.05, 4.69) is 20.8 Å². The minimum Gasteiger partial charge on any atom is -0.423 e. The highest BCUT2D eigenvalue weighted by atomic mass is 16.5. The van der Waals surface area contributed by atoms with Gasteiger partial charge >= 0.3 is 11.9 Å². The maximum atomic E-state index is 12.8. The molecule has 5 nitrogen and oxygen atoms in total. The summed E-state index contributed by atoms with van der Waals surface area (Å²) in [6, 6.07) is 26.5. The molecular weight excluding hydrogens is 500 g/mol. The van der Waals surface area contributed by atoms with Crippen molar-refractivity contribution in [2.24, 2.45) is 0 Å². The summed E-state index contributed by atoms with van der Waals surface area (Å²) in [5, 5.41) is 0. The van der Waals surface area contributed by atoms with Crippen LogP contribution in [0.4, 0.5) is 0 Å². The van der Waals surface area contributed by atoms with Crippen molar-refractivity contribution in [3.63, 3.8) is 0 Å². The minimum atomic E-state index is -0.400. The smallest absolute Gasteiger partial charge is 0.343 e. The predicted octanol–water partition coefficient (Wildman–Crippen LogP) is 7.57. The van der Waals surface area contributed by atoms with Crippen LogP contribution in [0.2, 0.25) is 0 Å². The van der Waals surface area contributed by atoms with Crippen molar-refractivity contribution < 1.29 is 23.8 Å². The van der Waals surface area contributed by atoms with Crippen molar-refractivity contribution in [1.82, 2.24) is 0 Å². The summed E-state index contributed by atoms with van der Waals surface area (Å²) < 4.78 is 16.6. The van der Waals surface area contributed by atoms with E-state index in [-0.39, 0.29) is 11.4 Å². The summed E-state index contributed by atoms with van der Waals surface area (Å²) >= 11 is 0. The molecule has 0 saturated carbocycles. The zero-order chi connectivity index (χ0) is 28.3. The highest BCUT2D eigenvalue weighted by Crippen LogP contribution is 2.50. The fourth-order valence-electron chi connectivity index (χ4n) is 5.28. The lowest BCUT2D eigenvalue weighted by Crippen LogP contribution is -2.16. The lowest BCUT2D eigenvalue weighted by atomic mass is 9.82. The second kappa shape index (κ2) is 11.5. The van der Waals surface area contributed by atoms with E-state index in [4.69, 9.17) is 14.2 Å². The quantitative estimate of drug-likeness (QED) is 0.164. The van der Waals surface area contributed by atoms with Crippen LogP contribution in [0.15, 0.2) is 84.9 Å². The molecule has 0 spiro atoms. The maximum Gasteiger partial charge on any atom is 0.343 e. The molecule has 0 fully saturated rings. The molecular formula is C35H34O5. The first kappa shape index (κ1) is 27.4. The second-order valence-electron chi connectivity index (χ2n) is 10.7. The fourth-order valence-corrected chi connectivity index (χ4v) is 5.28. The molecule has 0 bridgehead atoms. The Kier molecular flexibility index (Phi) is 7.85. The van der Waals surface area contributed by atoms with Crippen molar-refractivity contribution in [1.29, 1.82) is 0 Å². The summed E-state index contributed by atoms with van der Waals surface area (Å²) in [5.74, 6) is 0.217. The van der Waals surface area contributed by atoms with Gasteiger partial charge in [0.05, 0.1) is 17.7 Å². The first-order valence-corrected chi connectivity index (χ1v) is 13.7. The average Bonchev–Trinajstić information content (AvgIpc) is 3.18. The molecule has 0 saturated heterocycles. The number of methoxy groups -OCH3 is 1. The normalized spacial score (nSPS) is 12.9. The number of hydrogen-bond donors (Lipinski definition) is 0. The molecule has 0 heterocycles. The zero-order valence-electron chi connectivity index (χ0n) is 23.5. The van der Waals surface area contributed by atoms with Crippen LogP contribution in [-0.2, 0) is 23.0 Å². The third-order valence-electron chi connectivity index (χ3n) is 7.55. The summed E-state index contributed by atoms with van der Waals surface area (Å²) in [4.78, 5) is 25.7. The fraction of sp³-hybridized carbons (Fsp3) is 0.257. The molecule has 4 aromatic carbocycles. The van der Waals surface area contributed by atoms with E-state index in [9.17, 15) is 9.59 Å². The van der Waals surface area contributed by atoms with E-state index in [0.717, 1.165) is 47.1 Å². The zero-order valence-corrected chi connectivity index (χ0v) is 23.5. The van der Waals surface area contributed by atoms with E-state index in [1.54, 1.807) is 19.2 Å². The van der Waals surface area contributed by atoms with Crippen LogP contribution in [0, 0.1) is 0 Å². The molecule has 5 heteroatoms. The Morgan fingerprint density at radius 3 is 1.52 bits per heavy atom. The van der Waals surface area contributed by atoms with Crippen molar-refractivity contribution in [2.45, 2.75) is 45.4 Å². The number of esters is 2. The third kappa shape index (κ3) is 5.56. The highest BCUT2D eigenvalue weighted by molar-refractivity contribution is 5.92. The van der Waals surface area contributed by atoms with Crippen LogP contribution in [-0.4, -0.2) is 25.7 Å². The Balaban J connectivity index is 1.32. The van der Waals surface area contributed by atoms with Gasteiger partial charge in [-0.15, -0.1) is 0 Å². The molecule has 0 N–H and O–H groups in total. The summed E-state index contributed by atoms with van der Waals surface area (Å²) in [6.07, 6.45) is 2.84. The van der Waals surface area contributed by atoms with Crippen LogP contribution < -0.4 is 9.47 Å².